The monoisotopic (exact) mass is 294 g/mol. The van der Waals surface area contributed by atoms with E-state index in [0.29, 0.717) is 11.8 Å². The van der Waals surface area contributed by atoms with Crippen LogP contribution in [0.4, 0.5) is 0 Å². The largest absolute Gasteiger partial charge is 0.369 e. The average molecular weight is 294 g/mol. The molecule has 0 aromatic carbocycles. The molecule has 120 valence electrons. The zero-order valence-electron chi connectivity index (χ0n) is 13.9. The van der Waals surface area contributed by atoms with E-state index in [0.717, 1.165) is 32.1 Å². The van der Waals surface area contributed by atoms with Gasteiger partial charge in [-0.15, -0.1) is 0 Å². The molecule has 2 saturated carbocycles. The molecule has 21 heavy (non-hydrogen) atoms. The van der Waals surface area contributed by atoms with Crippen LogP contribution in [0.25, 0.3) is 0 Å². The Hall–Kier alpha value is -1.06. The maximum atomic E-state index is 12.8. The minimum Gasteiger partial charge on any atom is -0.369 e. The van der Waals surface area contributed by atoms with E-state index < -0.39 is 5.41 Å². The molecule has 2 fully saturated rings. The molecule has 0 spiro atoms. The first-order chi connectivity index (χ1) is 9.66. The Kier molecular flexibility index (Phi) is 4.36. The van der Waals surface area contributed by atoms with E-state index in [1.165, 1.54) is 6.42 Å². The maximum Gasteiger partial charge on any atom is 0.224 e. The Morgan fingerprint density at radius 3 is 2.19 bits per heavy atom. The number of rotatable bonds is 5. The summed E-state index contributed by atoms with van der Waals surface area (Å²) in [7, 11) is 0. The molecule has 0 aromatic heterocycles. The molecule has 0 aromatic rings. The molecule has 2 aliphatic carbocycles. The Morgan fingerprint density at radius 1 is 1.29 bits per heavy atom. The van der Waals surface area contributed by atoms with Crippen LogP contribution in [0.3, 0.4) is 0 Å². The minimum atomic E-state index is -0.613. The molecule has 4 nitrogen and oxygen atoms in total. The molecule has 2 rings (SSSR count). The summed E-state index contributed by atoms with van der Waals surface area (Å²) < 4.78 is 0. The highest BCUT2D eigenvalue weighted by molar-refractivity contribution is 5.90. The summed E-state index contributed by atoms with van der Waals surface area (Å²) in [6, 6.07) is 0. The summed E-state index contributed by atoms with van der Waals surface area (Å²) in [4.78, 5) is 25.0. The van der Waals surface area contributed by atoms with E-state index in [1.807, 2.05) is 20.8 Å². The number of primary amides is 1. The third-order valence-electron chi connectivity index (χ3n) is 5.28. The van der Waals surface area contributed by atoms with Crippen LogP contribution in [0, 0.1) is 23.2 Å². The fourth-order valence-electron chi connectivity index (χ4n) is 3.84. The highest BCUT2D eigenvalue weighted by atomic mass is 16.2. The topological polar surface area (TPSA) is 72.2 Å². The fourth-order valence-corrected chi connectivity index (χ4v) is 3.84. The second kappa shape index (κ2) is 5.62. The van der Waals surface area contributed by atoms with Crippen molar-refractivity contribution >= 4 is 11.8 Å². The lowest BCUT2D eigenvalue weighted by molar-refractivity contribution is -0.141. The van der Waals surface area contributed by atoms with Crippen LogP contribution in [0.2, 0.25) is 0 Å². The molecule has 3 atom stereocenters. The molecule has 0 radical (unpaired) electrons. The molecule has 0 aliphatic heterocycles. The highest BCUT2D eigenvalue weighted by Gasteiger charge is 2.52. The third kappa shape index (κ3) is 3.58. The van der Waals surface area contributed by atoms with Gasteiger partial charge >= 0.3 is 0 Å². The summed E-state index contributed by atoms with van der Waals surface area (Å²) in [5.74, 6) is 0.746. The lowest BCUT2D eigenvalue weighted by Gasteiger charge is -2.36. The van der Waals surface area contributed by atoms with Crippen LogP contribution in [-0.4, -0.2) is 17.4 Å². The Labute approximate surface area is 128 Å². The highest BCUT2D eigenvalue weighted by Crippen LogP contribution is 2.51. The molecule has 0 saturated heterocycles. The molecular weight excluding hydrogens is 264 g/mol. The Bertz CT molecular complexity index is 419. The van der Waals surface area contributed by atoms with Crippen molar-refractivity contribution in [2.24, 2.45) is 28.9 Å². The molecule has 4 heteroatoms. The molecule has 3 N–H and O–H groups in total. The number of nitrogens with one attached hydrogen (secondary N) is 1. The summed E-state index contributed by atoms with van der Waals surface area (Å²) in [6.07, 6.45) is 5.53. The van der Waals surface area contributed by atoms with E-state index in [9.17, 15) is 9.59 Å². The normalized spacial score (nSPS) is 29.0. The Morgan fingerprint density at radius 2 is 1.81 bits per heavy atom. The number of amides is 2. The van der Waals surface area contributed by atoms with E-state index in [2.05, 4.69) is 12.2 Å². The zero-order valence-corrected chi connectivity index (χ0v) is 13.9. The van der Waals surface area contributed by atoms with Gasteiger partial charge in [-0.3, -0.25) is 9.59 Å². The van der Waals surface area contributed by atoms with Crippen molar-refractivity contribution in [3.05, 3.63) is 0 Å². The minimum absolute atomic E-state index is 0.0160. The van der Waals surface area contributed by atoms with Gasteiger partial charge in [0, 0.05) is 5.54 Å². The molecule has 0 heterocycles. The van der Waals surface area contributed by atoms with Crippen LogP contribution in [0.15, 0.2) is 0 Å². The SMILES string of the molecule is CC1CC1CC(C(=O)NC(C)(C)C)C1(C(N)=O)CCCC1. The lowest BCUT2D eigenvalue weighted by Crippen LogP contribution is -2.52. The number of hydrogen-bond donors (Lipinski definition) is 2. The first kappa shape index (κ1) is 16.3. The Balaban J connectivity index is 2.22. The van der Waals surface area contributed by atoms with E-state index in [-0.39, 0.29) is 23.3 Å². The van der Waals surface area contributed by atoms with Crippen LogP contribution < -0.4 is 11.1 Å². The van der Waals surface area contributed by atoms with Crippen molar-refractivity contribution < 1.29 is 9.59 Å². The first-order valence-corrected chi connectivity index (χ1v) is 8.28. The molecule has 3 unspecified atom stereocenters. The van der Waals surface area contributed by atoms with Gasteiger partial charge in [-0.25, -0.2) is 0 Å². The van der Waals surface area contributed by atoms with Gasteiger partial charge in [0.1, 0.15) is 0 Å². The second-order valence-electron chi connectivity index (χ2n) is 8.23. The van der Waals surface area contributed by atoms with Gasteiger partial charge in [-0.1, -0.05) is 19.8 Å². The predicted molar refractivity (Wildman–Crippen MR) is 83.4 cm³/mol. The average Bonchev–Trinajstić information content (AvgIpc) is 2.86. The number of carbonyl (C=O) groups is 2. The number of carbonyl (C=O) groups excluding carboxylic acids is 2. The fraction of sp³-hybridized carbons (Fsp3) is 0.882. The first-order valence-electron chi connectivity index (χ1n) is 8.28. The van der Waals surface area contributed by atoms with Gasteiger partial charge in [0.05, 0.1) is 11.3 Å². The van der Waals surface area contributed by atoms with Gasteiger partial charge in [-0.2, -0.15) is 0 Å². The van der Waals surface area contributed by atoms with Gasteiger partial charge in [0.15, 0.2) is 0 Å². The smallest absolute Gasteiger partial charge is 0.224 e. The van der Waals surface area contributed by atoms with Crippen LogP contribution in [0.1, 0.15) is 66.2 Å². The third-order valence-corrected chi connectivity index (χ3v) is 5.28. The lowest BCUT2D eigenvalue weighted by atomic mass is 9.70. The van der Waals surface area contributed by atoms with Crippen molar-refractivity contribution in [3.63, 3.8) is 0 Å². The van der Waals surface area contributed by atoms with Crippen molar-refractivity contribution in [1.29, 1.82) is 0 Å². The van der Waals surface area contributed by atoms with Gasteiger partial charge in [0.2, 0.25) is 11.8 Å². The van der Waals surface area contributed by atoms with E-state index in [4.69, 9.17) is 5.73 Å². The van der Waals surface area contributed by atoms with Crippen LogP contribution in [0.5, 0.6) is 0 Å². The zero-order chi connectivity index (χ0) is 15.8. The number of nitrogens with two attached hydrogens (primary N) is 1. The van der Waals surface area contributed by atoms with E-state index in [1.54, 1.807) is 0 Å². The number of hydrogen-bond acceptors (Lipinski definition) is 2. The van der Waals surface area contributed by atoms with Gasteiger partial charge in [-0.05, 0) is 58.3 Å². The van der Waals surface area contributed by atoms with Crippen LogP contribution >= 0.6 is 0 Å². The van der Waals surface area contributed by atoms with Gasteiger partial charge in [0.25, 0.3) is 0 Å². The molecule has 0 bridgehead atoms. The predicted octanol–water partition coefficient (Wildman–Crippen LogP) is 2.61. The molecular formula is C17H30N2O2. The van der Waals surface area contributed by atoms with Crippen molar-refractivity contribution in [3.8, 4) is 0 Å². The summed E-state index contributed by atoms with van der Waals surface area (Å²) in [5, 5.41) is 3.08. The van der Waals surface area contributed by atoms with Crippen molar-refractivity contribution in [2.45, 2.75) is 71.8 Å². The van der Waals surface area contributed by atoms with E-state index >= 15 is 0 Å². The van der Waals surface area contributed by atoms with Crippen LogP contribution in [-0.2, 0) is 9.59 Å². The maximum absolute atomic E-state index is 12.8. The summed E-state index contributed by atoms with van der Waals surface area (Å²) in [6.45, 7) is 8.16. The summed E-state index contributed by atoms with van der Waals surface area (Å²) in [5.41, 5.74) is 4.86. The van der Waals surface area contributed by atoms with Crippen molar-refractivity contribution in [2.75, 3.05) is 0 Å². The quantitative estimate of drug-likeness (QED) is 0.818. The summed E-state index contributed by atoms with van der Waals surface area (Å²) >= 11 is 0. The second-order valence-corrected chi connectivity index (χ2v) is 8.23. The molecule has 2 aliphatic rings. The van der Waals surface area contributed by atoms with Crippen molar-refractivity contribution in [1.82, 2.24) is 5.32 Å². The van der Waals surface area contributed by atoms with Gasteiger partial charge < -0.3 is 11.1 Å². The molecule has 2 amide bonds. The standard InChI is InChI=1S/C17H30N2O2/c1-11-9-12(11)10-13(14(20)19-16(2,3)4)17(15(18)21)7-5-6-8-17/h11-13H,5-10H2,1-4H3,(H2,18,21)(H,19,20).